The van der Waals surface area contributed by atoms with Crippen LogP contribution < -0.4 is 5.73 Å². The molecule has 0 aliphatic heterocycles. The maximum absolute atomic E-state index is 12.9. The largest absolute Gasteiger partial charge is 0.481 e. The first-order valence-electron chi connectivity index (χ1n) is 9.65. The molecule has 7 heteroatoms. The lowest BCUT2D eigenvalue weighted by molar-refractivity contribution is -0.163. The highest BCUT2D eigenvalue weighted by Crippen LogP contribution is 2.82. The molecule has 0 saturated heterocycles. The summed E-state index contributed by atoms with van der Waals surface area (Å²) in [7, 11) is 0. The van der Waals surface area contributed by atoms with Gasteiger partial charge in [-0.1, -0.05) is 31.5 Å². The number of carboxylic acids is 2. The number of Topliss-reactive ketones (excluding diaryl/α,β-unsaturated/α-hetero) is 1. The molecule has 6 atom stereocenters. The molecule has 0 heterocycles. The number of aliphatic carboxylic acids is 2. The molecule has 0 bridgehead atoms. The number of carboxylic acid groups (broad SMARTS) is 2. The number of carbonyl (C=O) groups excluding carboxylic acids is 1. The van der Waals surface area contributed by atoms with Gasteiger partial charge in [0, 0.05) is 21.5 Å². The van der Waals surface area contributed by atoms with E-state index in [9.17, 15) is 24.6 Å². The van der Waals surface area contributed by atoms with Crippen LogP contribution in [-0.2, 0) is 14.4 Å². The molecule has 6 unspecified atom stereocenters. The average molecular weight is 406 g/mol. The van der Waals surface area contributed by atoms with Gasteiger partial charge in [-0.25, -0.2) is 0 Å². The van der Waals surface area contributed by atoms with Crippen molar-refractivity contribution in [3.05, 3.63) is 29.8 Å². The Balaban J connectivity index is 2.16. The first kappa shape index (κ1) is 20.9. The number of thioether (sulfide) groups is 1. The number of nitrogens with two attached hydrogens (primary N) is 1. The lowest BCUT2D eigenvalue weighted by Crippen LogP contribution is -2.51. The van der Waals surface area contributed by atoms with Crippen LogP contribution in [-0.4, -0.2) is 39.7 Å². The fraction of sp³-hybridized carbons (Fsp3) is 0.571. The van der Waals surface area contributed by atoms with E-state index in [1.807, 2.05) is 38.1 Å². The maximum atomic E-state index is 12.9. The summed E-state index contributed by atoms with van der Waals surface area (Å²) in [6.07, 6.45) is 0.617. The van der Waals surface area contributed by atoms with Crippen LogP contribution in [0.2, 0.25) is 0 Å². The van der Waals surface area contributed by atoms with Crippen molar-refractivity contribution >= 4 is 29.5 Å². The molecule has 2 fully saturated rings. The van der Waals surface area contributed by atoms with Gasteiger partial charge in [0.1, 0.15) is 0 Å². The number of hydrogen-bond acceptors (Lipinski definition) is 5. The van der Waals surface area contributed by atoms with Gasteiger partial charge in [-0.15, -0.1) is 11.8 Å². The molecule has 152 valence electrons. The molecule has 0 aromatic heterocycles. The van der Waals surface area contributed by atoms with E-state index < -0.39 is 39.9 Å². The third-order valence-corrected chi connectivity index (χ3v) is 8.46. The summed E-state index contributed by atoms with van der Waals surface area (Å²) in [5.74, 6) is -4.26. The van der Waals surface area contributed by atoms with E-state index in [1.165, 1.54) is 11.8 Å². The lowest BCUT2D eigenvalue weighted by Gasteiger charge is -2.40. The van der Waals surface area contributed by atoms with Crippen molar-refractivity contribution in [3.8, 4) is 0 Å². The highest BCUT2D eigenvalue weighted by molar-refractivity contribution is 8.00. The summed E-state index contributed by atoms with van der Waals surface area (Å²) < 4.78 is 0. The Morgan fingerprint density at radius 3 is 2.11 bits per heavy atom. The summed E-state index contributed by atoms with van der Waals surface area (Å²) in [5.41, 5.74) is 4.44. The second kappa shape index (κ2) is 7.19. The number of benzene rings is 1. The van der Waals surface area contributed by atoms with Crippen LogP contribution in [0, 0.1) is 35.5 Å². The molecule has 3 rings (SSSR count). The molecular formula is C21H27NO5S. The van der Waals surface area contributed by atoms with Crippen molar-refractivity contribution in [2.24, 2.45) is 34.3 Å². The minimum atomic E-state index is -1.41. The zero-order valence-corrected chi connectivity index (χ0v) is 17.2. The van der Waals surface area contributed by atoms with Crippen LogP contribution >= 0.6 is 11.8 Å². The highest BCUT2D eigenvalue weighted by Gasteiger charge is 2.87. The molecule has 2 aliphatic rings. The van der Waals surface area contributed by atoms with Gasteiger partial charge in [-0.3, -0.25) is 14.4 Å². The fourth-order valence-corrected chi connectivity index (χ4v) is 7.66. The minimum absolute atomic E-state index is 0.206. The summed E-state index contributed by atoms with van der Waals surface area (Å²) in [4.78, 5) is 38.5. The van der Waals surface area contributed by atoms with Crippen molar-refractivity contribution in [2.75, 3.05) is 6.54 Å². The Labute approximate surface area is 168 Å². The van der Waals surface area contributed by atoms with E-state index in [-0.39, 0.29) is 24.7 Å². The van der Waals surface area contributed by atoms with Crippen LogP contribution in [0.25, 0.3) is 0 Å². The molecule has 2 saturated carbocycles. The number of rotatable bonds is 8. The second-order valence-electron chi connectivity index (χ2n) is 7.91. The predicted octanol–water partition coefficient (Wildman–Crippen LogP) is 2.82. The van der Waals surface area contributed by atoms with Crippen LogP contribution in [0.15, 0.2) is 29.2 Å². The monoisotopic (exact) mass is 405 g/mol. The van der Waals surface area contributed by atoms with Crippen molar-refractivity contribution in [2.45, 2.75) is 43.8 Å². The molecule has 1 aromatic carbocycles. The number of ketones is 1. The smallest absolute Gasteiger partial charge is 0.311 e. The van der Waals surface area contributed by atoms with E-state index in [4.69, 9.17) is 5.73 Å². The van der Waals surface area contributed by atoms with Crippen molar-refractivity contribution < 1.29 is 24.6 Å². The molecule has 6 nitrogen and oxygen atoms in total. The Morgan fingerprint density at radius 2 is 1.68 bits per heavy atom. The molecule has 28 heavy (non-hydrogen) atoms. The zero-order valence-electron chi connectivity index (χ0n) is 16.3. The third-order valence-electron chi connectivity index (χ3n) is 7.08. The molecule has 0 amide bonds. The van der Waals surface area contributed by atoms with E-state index in [0.29, 0.717) is 6.42 Å². The van der Waals surface area contributed by atoms with Gasteiger partial charge < -0.3 is 15.9 Å². The standard InChI is InChI=1S/C21H27NO5S/c1-4-20-15(16(20)18(24)25)17(28-12-8-6-11(3)7-9-12)14(13(23)10-22)21(20,5-2)19(26)27/h6-9,14-17H,4-5,10,22H2,1-3H3,(H,24,25)(H,26,27). The summed E-state index contributed by atoms with van der Waals surface area (Å²) in [5, 5.41) is 19.7. The Kier molecular flexibility index (Phi) is 5.36. The second-order valence-corrected chi connectivity index (χ2v) is 9.16. The SMILES string of the molecule is CCC1(C(=O)O)C(C(=O)CN)C(Sc2ccc(C)cc2)C2C(C(=O)O)C21CC. The summed E-state index contributed by atoms with van der Waals surface area (Å²) in [6, 6.07) is 7.77. The predicted molar refractivity (Wildman–Crippen MR) is 106 cm³/mol. The Hall–Kier alpha value is -1.86. The van der Waals surface area contributed by atoms with Gasteiger partial charge in [-0.2, -0.15) is 0 Å². The van der Waals surface area contributed by atoms with Gasteiger partial charge >= 0.3 is 11.9 Å². The van der Waals surface area contributed by atoms with Crippen LogP contribution in [0.4, 0.5) is 0 Å². The first-order valence-corrected chi connectivity index (χ1v) is 10.5. The topological polar surface area (TPSA) is 118 Å². The van der Waals surface area contributed by atoms with Crippen LogP contribution in [0.3, 0.4) is 0 Å². The van der Waals surface area contributed by atoms with E-state index >= 15 is 0 Å². The molecule has 0 radical (unpaired) electrons. The number of aryl methyl sites for hydroxylation is 1. The fourth-order valence-electron chi connectivity index (χ4n) is 5.98. The van der Waals surface area contributed by atoms with Crippen LogP contribution in [0.1, 0.15) is 32.3 Å². The maximum Gasteiger partial charge on any atom is 0.311 e. The van der Waals surface area contributed by atoms with Crippen molar-refractivity contribution in [3.63, 3.8) is 0 Å². The minimum Gasteiger partial charge on any atom is -0.481 e. The molecule has 2 aliphatic carbocycles. The number of hydrogen-bond donors (Lipinski definition) is 3. The molecule has 0 spiro atoms. The number of fused-ring (bicyclic) bond motifs is 1. The van der Waals surface area contributed by atoms with E-state index in [0.717, 1.165) is 10.5 Å². The average Bonchev–Trinajstić information content (AvgIpc) is 3.29. The zero-order chi connectivity index (χ0) is 20.9. The summed E-state index contributed by atoms with van der Waals surface area (Å²) >= 11 is 1.43. The molecular weight excluding hydrogens is 378 g/mol. The summed E-state index contributed by atoms with van der Waals surface area (Å²) in [6.45, 7) is 5.32. The number of carbonyl (C=O) groups is 3. The van der Waals surface area contributed by atoms with Gasteiger partial charge in [0.15, 0.2) is 5.78 Å². The van der Waals surface area contributed by atoms with Crippen molar-refractivity contribution in [1.82, 2.24) is 0 Å². The van der Waals surface area contributed by atoms with Gasteiger partial charge in [0.25, 0.3) is 0 Å². The Morgan fingerprint density at radius 1 is 1.07 bits per heavy atom. The van der Waals surface area contributed by atoms with Gasteiger partial charge in [-0.05, 0) is 37.8 Å². The van der Waals surface area contributed by atoms with Gasteiger partial charge in [0.2, 0.25) is 0 Å². The quantitative estimate of drug-likeness (QED) is 0.608. The lowest BCUT2D eigenvalue weighted by atomic mass is 9.62. The first-order chi connectivity index (χ1) is 13.2. The molecule has 1 aromatic rings. The van der Waals surface area contributed by atoms with Crippen molar-refractivity contribution in [1.29, 1.82) is 0 Å². The Bertz CT molecular complexity index is 810. The van der Waals surface area contributed by atoms with Crippen LogP contribution in [0.5, 0.6) is 0 Å². The normalized spacial score (nSPS) is 36.0. The van der Waals surface area contributed by atoms with Gasteiger partial charge in [0.05, 0.1) is 17.9 Å². The molecule has 4 N–H and O–H groups in total. The highest BCUT2D eigenvalue weighted by atomic mass is 32.2. The third kappa shape index (κ3) is 2.55. The van der Waals surface area contributed by atoms with E-state index in [1.54, 1.807) is 6.92 Å². The van der Waals surface area contributed by atoms with E-state index in [2.05, 4.69) is 0 Å².